The Morgan fingerprint density at radius 3 is 2.83 bits per heavy atom. The lowest BCUT2D eigenvalue weighted by molar-refractivity contribution is 0.442. The highest BCUT2D eigenvalue weighted by Gasteiger charge is 2.21. The summed E-state index contributed by atoms with van der Waals surface area (Å²) >= 11 is 0. The molecule has 0 bridgehead atoms. The summed E-state index contributed by atoms with van der Waals surface area (Å²) < 4.78 is 35.4. The molecule has 120 valence electrons. The molecule has 0 spiro atoms. The minimum atomic E-state index is -4.06. The van der Waals surface area contributed by atoms with Crippen LogP contribution in [-0.2, 0) is 10.1 Å². The number of para-hydroxylation sites is 1. The average molecular weight is 341 g/mol. The standard InChI is InChI=1S/C16H11N3O4S/c1-10-13-8-12(9-18-16(13)22-19-10)24(20,21)23-14-6-2-4-11-5-3-7-17-15(11)14/h2-9H,1H3. The Morgan fingerprint density at radius 1 is 1.12 bits per heavy atom. The summed E-state index contributed by atoms with van der Waals surface area (Å²) in [5.74, 6) is 0.162. The lowest BCUT2D eigenvalue weighted by Gasteiger charge is -2.08. The van der Waals surface area contributed by atoms with Crippen LogP contribution in [0.4, 0.5) is 0 Å². The molecule has 3 aromatic heterocycles. The minimum absolute atomic E-state index is 0.0748. The van der Waals surface area contributed by atoms with Gasteiger partial charge < -0.3 is 8.71 Å². The van der Waals surface area contributed by atoms with Gasteiger partial charge in [-0.2, -0.15) is 8.42 Å². The van der Waals surface area contributed by atoms with Crippen LogP contribution in [0, 0.1) is 6.92 Å². The highest BCUT2D eigenvalue weighted by molar-refractivity contribution is 7.87. The first-order valence-corrected chi connectivity index (χ1v) is 8.46. The Hall–Kier alpha value is -3.00. The van der Waals surface area contributed by atoms with E-state index < -0.39 is 10.1 Å². The maximum Gasteiger partial charge on any atom is 0.340 e. The first-order chi connectivity index (χ1) is 11.5. The molecular formula is C16H11N3O4S. The van der Waals surface area contributed by atoms with Crippen molar-refractivity contribution < 1.29 is 17.1 Å². The number of nitrogens with zero attached hydrogens (tertiary/aromatic N) is 3. The summed E-state index contributed by atoms with van der Waals surface area (Å²) in [5, 5.41) is 5.07. The van der Waals surface area contributed by atoms with E-state index in [0.29, 0.717) is 16.6 Å². The van der Waals surface area contributed by atoms with Gasteiger partial charge in [0.05, 0.1) is 17.3 Å². The van der Waals surface area contributed by atoms with Gasteiger partial charge >= 0.3 is 10.1 Å². The Bertz CT molecular complexity index is 1160. The normalized spacial score (nSPS) is 11.9. The Balaban J connectivity index is 1.80. The Morgan fingerprint density at radius 2 is 1.96 bits per heavy atom. The van der Waals surface area contributed by atoms with Crippen LogP contribution in [-0.4, -0.2) is 23.5 Å². The molecule has 0 aliphatic rings. The van der Waals surface area contributed by atoms with Crippen molar-refractivity contribution >= 4 is 32.1 Å². The second kappa shape index (κ2) is 5.27. The zero-order valence-electron chi connectivity index (χ0n) is 12.5. The van der Waals surface area contributed by atoms with Gasteiger partial charge in [-0.05, 0) is 25.1 Å². The number of benzene rings is 1. The van der Waals surface area contributed by atoms with E-state index in [1.54, 1.807) is 31.3 Å². The molecule has 0 unspecified atom stereocenters. The third kappa shape index (κ3) is 2.37. The molecule has 7 nitrogen and oxygen atoms in total. The molecule has 0 atom stereocenters. The summed E-state index contributed by atoms with van der Waals surface area (Å²) in [6.45, 7) is 1.71. The first kappa shape index (κ1) is 14.6. The molecule has 0 saturated heterocycles. The SMILES string of the molecule is Cc1noc2ncc(S(=O)(=O)Oc3cccc4cccnc34)cc12. The number of hydrogen-bond donors (Lipinski definition) is 0. The second-order valence-corrected chi connectivity index (χ2v) is 6.71. The fourth-order valence-corrected chi connectivity index (χ4v) is 3.28. The molecule has 0 aliphatic carbocycles. The minimum Gasteiger partial charge on any atom is -0.377 e. The summed E-state index contributed by atoms with van der Waals surface area (Å²) in [7, 11) is -4.06. The van der Waals surface area contributed by atoms with E-state index >= 15 is 0 Å². The van der Waals surface area contributed by atoms with Crippen LogP contribution >= 0.6 is 0 Å². The van der Waals surface area contributed by atoms with E-state index in [9.17, 15) is 8.42 Å². The van der Waals surface area contributed by atoms with Crippen molar-refractivity contribution in [2.24, 2.45) is 0 Å². The van der Waals surface area contributed by atoms with E-state index in [1.807, 2.05) is 12.1 Å². The molecule has 0 radical (unpaired) electrons. The summed E-state index contributed by atoms with van der Waals surface area (Å²) in [6, 6.07) is 10.1. The van der Waals surface area contributed by atoms with Crippen LogP contribution in [0.3, 0.4) is 0 Å². The smallest absolute Gasteiger partial charge is 0.340 e. The van der Waals surface area contributed by atoms with Crippen LogP contribution in [0.2, 0.25) is 0 Å². The van der Waals surface area contributed by atoms with Crippen molar-refractivity contribution in [1.29, 1.82) is 0 Å². The van der Waals surface area contributed by atoms with E-state index in [0.717, 1.165) is 5.39 Å². The van der Waals surface area contributed by atoms with Gasteiger partial charge in [0.15, 0.2) is 5.75 Å². The van der Waals surface area contributed by atoms with E-state index in [2.05, 4.69) is 15.1 Å². The van der Waals surface area contributed by atoms with Crippen molar-refractivity contribution in [3.8, 4) is 5.75 Å². The van der Waals surface area contributed by atoms with Gasteiger partial charge in [0.25, 0.3) is 5.71 Å². The van der Waals surface area contributed by atoms with Crippen molar-refractivity contribution in [1.82, 2.24) is 15.1 Å². The summed E-state index contributed by atoms with van der Waals surface area (Å²) in [4.78, 5) is 8.08. The van der Waals surface area contributed by atoms with E-state index in [4.69, 9.17) is 8.71 Å². The molecule has 8 heteroatoms. The van der Waals surface area contributed by atoms with E-state index in [1.165, 1.54) is 12.3 Å². The van der Waals surface area contributed by atoms with Crippen LogP contribution in [0.15, 0.2) is 58.2 Å². The molecule has 0 N–H and O–H groups in total. The summed E-state index contributed by atoms with van der Waals surface area (Å²) in [5.41, 5.74) is 1.30. The maximum absolute atomic E-state index is 12.6. The predicted molar refractivity (Wildman–Crippen MR) is 86.1 cm³/mol. The van der Waals surface area contributed by atoms with Crippen molar-refractivity contribution in [2.75, 3.05) is 0 Å². The molecule has 0 fully saturated rings. The molecule has 0 amide bonds. The Kier molecular flexibility index (Phi) is 3.20. The Labute approximate surface area is 137 Å². The van der Waals surface area contributed by atoms with Gasteiger partial charge in [-0.1, -0.05) is 23.4 Å². The zero-order chi connectivity index (χ0) is 16.7. The van der Waals surface area contributed by atoms with Crippen molar-refractivity contribution in [3.63, 3.8) is 0 Å². The van der Waals surface area contributed by atoms with Gasteiger partial charge in [-0.25, -0.2) is 4.98 Å². The second-order valence-electron chi connectivity index (χ2n) is 5.16. The monoisotopic (exact) mass is 341 g/mol. The average Bonchev–Trinajstić information content (AvgIpc) is 2.96. The first-order valence-electron chi connectivity index (χ1n) is 7.05. The lowest BCUT2D eigenvalue weighted by atomic mass is 10.2. The molecule has 3 heterocycles. The molecule has 0 saturated carbocycles. The van der Waals surface area contributed by atoms with Crippen molar-refractivity contribution in [2.45, 2.75) is 11.8 Å². The highest BCUT2D eigenvalue weighted by Crippen LogP contribution is 2.27. The number of aromatic nitrogens is 3. The van der Waals surface area contributed by atoms with Gasteiger partial charge in [-0.15, -0.1) is 0 Å². The zero-order valence-corrected chi connectivity index (χ0v) is 13.3. The topological polar surface area (TPSA) is 95.2 Å². The number of aryl methyl sites for hydroxylation is 1. The fourth-order valence-electron chi connectivity index (χ4n) is 2.37. The fraction of sp³-hybridized carbons (Fsp3) is 0.0625. The van der Waals surface area contributed by atoms with Crippen molar-refractivity contribution in [3.05, 3.63) is 54.5 Å². The van der Waals surface area contributed by atoms with Gasteiger partial charge in [-0.3, -0.25) is 4.98 Å². The summed E-state index contributed by atoms with van der Waals surface area (Å²) in [6.07, 6.45) is 2.76. The highest BCUT2D eigenvalue weighted by atomic mass is 32.2. The number of pyridine rings is 2. The molecule has 0 aliphatic heterocycles. The van der Waals surface area contributed by atoms with Crippen LogP contribution in [0.25, 0.3) is 22.0 Å². The number of rotatable bonds is 3. The van der Waals surface area contributed by atoms with Crippen LogP contribution in [0.1, 0.15) is 5.69 Å². The molecule has 4 aromatic rings. The number of fused-ring (bicyclic) bond motifs is 2. The van der Waals surface area contributed by atoms with E-state index in [-0.39, 0.29) is 16.4 Å². The maximum atomic E-state index is 12.6. The quantitative estimate of drug-likeness (QED) is 0.529. The largest absolute Gasteiger partial charge is 0.377 e. The molecular weight excluding hydrogens is 330 g/mol. The van der Waals surface area contributed by atoms with Gasteiger partial charge in [0, 0.05) is 11.6 Å². The third-order valence-corrected chi connectivity index (χ3v) is 4.77. The van der Waals surface area contributed by atoms with Crippen LogP contribution in [0.5, 0.6) is 5.75 Å². The third-order valence-electron chi connectivity index (χ3n) is 3.57. The van der Waals surface area contributed by atoms with Gasteiger partial charge in [0.1, 0.15) is 10.4 Å². The number of hydrogen-bond acceptors (Lipinski definition) is 7. The molecule has 24 heavy (non-hydrogen) atoms. The van der Waals surface area contributed by atoms with Crippen LogP contribution < -0.4 is 4.18 Å². The molecule has 4 rings (SSSR count). The predicted octanol–water partition coefficient (Wildman–Crippen LogP) is 2.85. The van der Waals surface area contributed by atoms with Gasteiger partial charge in [0.2, 0.25) is 0 Å². The molecule has 1 aromatic carbocycles. The lowest BCUT2D eigenvalue weighted by Crippen LogP contribution is -2.10.